The molecule has 0 spiro atoms. The summed E-state index contributed by atoms with van der Waals surface area (Å²) in [5.74, 6) is -0.178. The fourth-order valence-corrected chi connectivity index (χ4v) is 2.00. The molecule has 3 N–H and O–H groups in total. The molecule has 0 radical (unpaired) electrons. The van der Waals surface area contributed by atoms with Crippen LogP contribution < -0.4 is 10.5 Å². The summed E-state index contributed by atoms with van der Waals surface area (Å²) in [6.07, 6.45) is 0. The average molecular weight is 256 g/mol. The lowest BCUT2D eigenvalue weighted by atomic mass is 9.99. The second-order valence-corrected chi connectivity index (χ2v) is 4.38. The molecule has 0 bridgehead atoms. The van der Waals surface area contributed by atoms with E-state index in [0.717, 1.165) is 5.56 Å². The van der Waals surface area contributed by atoms with Crippen molar-refractivity contribution < 1.29 is 14.2 Å². The predicted octanol–water partition coefficient (Wildman–Crippen LogP) is 1.15. The lowest BCUT2D eigenvalue weighted by molar-refractivity contribution is 0.181. The number of nitrogens with zero attached hydrogens (tertiary/aromatic N) is 1. The largest absolute Gasteiger partial charge is 0.491 e. The van der Waals surface area contributed by atoms with Crippen molar-refractivity contribution in [1.29, 1.82) is 0 Å². The molecule has 0 aliphatic heterocycles. The first-order valence-electron chi connectivity index (χ1n) is 5.96. The molecule has 0 aliphatic rings. The Kier molecular flexibility index (Phi) is 5.53. The van der Waals surface area contributed by atoms with E-state index in [9.17, 15) is 4.39 Å². The van der Waals surface area contributed by atoms with E-state index >= 15 is 0 Å². The second-order valence-electron chi connectivity index (χ2n) is 4.38. The van der Waals surface area contributed by atoms with Crippen LogP contribution in [0.15, 0.2) is 18.2 Å². The van der Waals surface area contributed by atoms with Crippen LogP contribution in [0.1, 0.15) is 18.5 Å². The number of halogens is 1. The molecule has 0 amide bonds. The molecule has 0 saturated carbocycles. The Bertz CT molecular complexity index is 385. The molecule has 18 heavy (non-hydrogen) atoms. The van der Waals surface area contributed by atoms with Crippen molar-refractivity contribution in [2.75, 3.05) is 27.3 Å². The first kappa shape index (κ1) is 14.9. The molecule has 0 aliphatic carbocycles. The van der Waals surface area contributed by atoms with Crippen LogP contribution in [0.2, 0.25) is 0 Å². The van der Waals surface area contributed by atoms with Crippen LogP contribution >= 0.6 is 0 Å². The van der Waals surface area contributed by atoms with Crippen molar-refractivity contribution in [3.05, 3.63) is 29.6 Å². The number of benzene rings is 1. The van der Waals surface area contributed by atoms with Gasteiger partial charge in [-0.3, -0.25) is 0 Å². The lowest BCUT2D eigenvalue weighted by Gasteiger charge is -2.29. The highest BCUT2D eigenvalue weighted by Crippen LogP contribution is 2.26. The third kappa shape index (κ3) is 3.41. The number of likely N-dealkylation sites (N-methyl/N-ethyl adjacent to an activating group) is 1. The zero-order chi connectivity index (χ0) is 13.7. The number of rotatable bonds is 6. The van der Waals surface area contributed by atoms with Crippen molar-refractivity contribution in [2.45, 2.75) is 19.0 Å². The summed E-state index contributed by atoms with van der Waals surface area (Å²) in [6.45, 7) is 2.07. The number of aliphatic hydroxyl groups is 1. The van der Waals surface area contributed by atoms with Crippen LogP contribution in [0.4, 0.5) is 4.39 Å². The Labute approximate surface area is 107 Å². The van der Waals surface area contributed by atoms with Crippen LogP contribution in [0.3, 0.4) is 0 Å². The lowest BCUT2D eigenvalue weighted by Crippen LogP contribution is -2.39. The van der Waals surface area contributed by atoms with Gasteiger partial charge in [-0.05, 0) is 38.7 Å². The summed E-state index contributed by atoms with van der Waals surface area (Å²) in [7, 11) is 3.68. The average Bonchev–Trinajstić information content (AvgIpc) is 2.32. The quantitative estimate of drug-likeness (QED) is 0.801. The molecular formula is C13H21FN2O2. The number of nitrogens with two attached hydrogens (primary N) is 1. The SMILES string of the molecule is CCOc1ccc(C(C(N)CO)N(C)C)cc1F. The highest BCUT2D eigenvalue weighted by molar-refractivity contribution is 5.31. The summed E-state index contributed by atoms with van der Waals surface area (Å²) in [5.41, 5.74) is 6.58. The molecule has 102 valence electrons. The summed E-state index contributed by atoms with van der Waals surface area (Å²) < 4.78 is 18.9. The van der Waals surface area contributed by atoms with Crippen LogP contribution in [0.25, 0.3) is 0 Å². The van der Waals surface area contributed by atoms with Gasteiger partial charge in [-0.2, -0.15) is 0 Å². The molecule has 0 heterocycles. The predicted molar refractivity (Wildman–Crippen MR) is 69.1 cm³/mol. The topological polar surface area (TPSA) is 58.7 Å². The highest BCUT2D eigenvalue weighted by atomic mass is 19.1. The molecule has 5 heteroatoms. The van der Waals surface area contributed by atoms with Gasteiger partial charge in [0.2, 0.25) is 0 Å². The third-order valence-electron chi connectivity index (χ3n) is 2.77. The van der Waals surface area contributed by atoms with Crippen LogP contribution in [0.5, 0.6) is 5.75 Å². The van der Waals surface area contributed by atoms with Gasteiger partial charge in [0.1, 0.15) is 0 Å². The Hall–Kier alpha value is -1.17. The monoisotopic (exact) mass is 256 g/mol. The van der Waals surface area contributed by atoms with Gasteiger partial charge in [-0.25, -0.2) is 4.39 Å². The zero-order valence-corrected chi connectivity index (χ0v) is 11.1. The Morgan fingerprint density at radius 1 is 1.44 bits per heavy atom. The molecule has 2 atom stereocenters. The van der Waals surface area contributed by atoms with Gasteiger partial charge < -0.3 is 20.5 Å². The summed E-state index contributed by atoms with van der Waals surface area (Å²) >= 11 is 0. The maximum Gasteiger partial charge on any atom is 0.165 e. The first-order chi connectivity index (χ1) is 8.51. The molecule has 0 fully saturated rings. The molecule has 0 aromatic heterocycles. The van der Waals surface area contributed by atoms with E-state index in [1.807, 2.05) is 19.0 Å². The van der Waals surface area contributed by atoms with E-state index in [1.54, 1.807) is 19.1 Å². The fourth-order valence-electron chi connectivity index (χ4n) is 2.00. The molecule has 2 unspecified atom stereocenters. The normalized spacial score (nSPS) is 14.6. The summed E-state index contributed by atoms with van der Waals surface area (Å²) in [5, 5.41) is 9.15. The maximum absolute atomic E-state index is 13.8. The molecular weight excluding hydrogens is 235 g/mol. The van der Waals surface area contributed by atoms with Crippen LogP contribution in [-0.2, 0) is 0 Å². The molecule has 1 aromatic rings. The van der Waals surface area contributed by atoms with E-state index in [0.29, 0.717) is 6.61 Å². The number of hydrogen-bond donors (Lipinski definition) is 2. The van der Waals surface area contributed by atoms with Gasteiger partial charge in [0.05, 0.1) is 19.3 Å². The first-order valence-corrected chi connectivity index (χ1v) is 5.96. The number of ether oxygens (including phenoxy) is 1. The zero-order valence-electron chi connectivity index (χ0n) is 11.1. The standard InChI is InChI=1S/C13H21FN2O2/c1-4-18-12-6-5-9(7-10(12)14)13(16(2)3)11(15)8-17/h5-7,11,13,17H,4,8,15H2,1-3H3. The number of hydrogen-bond acceptors (Lipinski definition) is 4. The van der Waals surface area contributed by atoms with Crippen molar-refractivity contribution in [3.8, 4) is 5.75 Å². The van der Waals surface area contributed by atoms with E-state index < -0.39 is 11.9 Å². The van der Waals surface area contributed by atoms with Crippen molar-refractivity contribution in [1.82, 2.24) is 4.90 Å². The van der Waals surface area contributed by atoms with Crippen LogP contribution in [-0.4, -0.2) is 43.4 Å². The Morgan fingerprint density at radius 3 is 2.56 bits per heavy atom. The molecule has 0 saturated heterocycles. The maximum atomic E-state index is 13.8. The van der Waals surface area contributed by atoms with Gasteiger partial charge in [0.25, 0.3) is 0 Å². The minimum absolute atomic E-state index is 0.155. The summed E-state index contributed by atoms with van der Waals surface area (Å²) in [6, 6.07) is 4.08. The fraction of sp³-hybridized carbons (Fsp3) is 0.538. The molecule has 4 nitrogen and oxygen atoms in total. The van der Waals surface area contributed by atoms with Gasteiger partial charge in [0.15, 0.2) is 11.6 Å². The second kappa shape index (κ2) is 6.68. The minimum atomic E-state index is -0.461. The highest BCUT2D eigenvalue weighted by Gasteiger charge is 2.22. The Balaban J connectivity index is 3.03. The number of aliphatic hydroxyl groups excluding tert-OH is 1. The molecule has 1 rings (SSSR count). The van der Waals surface area contributed by atoms with Crippen molar-refractivity contribution in [2.24, 2.45) is 5.73 Å². The van der Waals surface area contributed by atoms with Gasteiger partial charge in [0, 0.05) is 6.04 Å². The van der Waals surface area contributed by atoms with Gasteiger partial charge >= 0.3 is 0 Å². The van der Waals surface area contributed by atoms with Crippen LogP contribution in [0, 0.1) is 5.82 Å². The van der Waals surface area contributed by atoms with E-state index in [2.05, 4.69) is 0 Å². The minimum Gasteiger partial charge on any atom is -0.491 e. The van der Waals surface area contributed by atoms with E-state index in [4.69, 9.17) is 15.6 Å². The summed E-state index contributed by atoms with van der Waals surface area (Å²) in [4.78, 5) is 1.86. The van der Waals surface area contributed by atoms with Crippen molar-refractivity contribution in [3.63, 3.8) is 0 Å². The van der Waals surface area contributed by atoms with E-state index in [1.165, 1.54) is 6.07 Å². The smallest absolute Gasteiger partial charge is 0.165 e. The van der Waals surface area contributed by atoms with Gasteiger partial charge in [-0.1, -0.05) is 6.07 Å². The Morgan fingerprint density at radius 2 is 2.11 bits per heavy atom. The van der Waals surface area contributed by atoms with Gasteiger partial charge in [-0.15, -0.1) is 0 Å². The van der Waals surface area contributed by atoms with E-state index in [-0.39, 0.29) is 18.4 Å². The van der Waals surface area contributed by atoms with Crippen molar-refractivity contribution >= 4 is 0 Å². The third-order valence-corrected chi connectivity index (χ3v) is 2.77. The molecule has 1 aromatic carbocycles.